The van der Waals surface area contributed by atoms with E-state index in [0.717, 1.165) is 26.2 Å². The van der Waals surface area contributed by atoms with Gasteiger partial charge in [0, 0.05) is 32.6 Å². The highest BCUT2D eigenvalue weighted by atomic mass is 16.5. The lowest BCUT2D eigenvalue weighted by molar-refractivity contribution is -0.123. The molecule has 1 atom stereocenters. The Morgan fingerprint density at radius 1 is 1.33 bits per heavy atom. The van der Waals surface area contributed by atoms with Crippen molar-refractivity contribution in [2.45, 2.75) is 40.2 Å². The minimum Gasteiger partial charge on any atom is -0.374 e. The first-order valence-electron chi connectivity index (χ1n) is 7.08. The molecule has 1 aliphatic heterocycles. The van der Waals surface area contributed by atoms with Crippen molar-refractivity contribution in [3.05, 3.63) is 0 Å². The molecule has 1 saturated heterocycles. The van der Waals surface area contributed by atoms with Crippen LogP contribution in [0.1, 0.15) is 34.1 Å². The summed E-state index contributed by atoms with van der Waals surface area (Å²) in [5.74, 6) is 1.23. The third-order valence-electron chi connectivity index (χ3n) is 2.97. The number of carbonyl (C=O) groups excluding carboxylic acids is 1. The van der Waals surface area contributed by atoms with Crippen LogP contribution in [-0.2, 0) is 9.53 Å². The third-order valence-corrected chi connectivity index (χ3v) is 2.97. The average Bonchev–Trinajstić information content (AvgIpc) is 2.25. The van der Waals surface area contributed by atoms with Gasteiger partial charge in [-0.15, -0.1) is 0 Å². The number of hydrogen-bond acceptors (Lipinski definition) is 3. The van der Waals surface area contributed by atoms with Gasteiger partial charge < -0.3 is 10.1 Å². The smallest absolute Gasteiger partial charge is 0.220 e. The van der Waals surface area contributed by atoms with Crippen LogP contribution in [0.4, 0.5) is 0 Å². The van der Waals surface area contributed by atoms with E-state index in [1.54, 1.807) is 0 Å². The largest absolute Gasteiger partial charge is 0.374 e. The molecule has 0 aliphatic carbocycles. The lowest BCUT2D eigenvalue weighted by Crippen LogP contribution is -2.48. The molecule has 0 bridgehead atoms. The second-order valence-electron chi connectivity index (χ2n) is 6.05. The summed E-state index contributed by atoms with van der Waals surface area (Å²) < 4.78 is 5.69. The van der Waals surface area contributed by atoms with E-state index in [1.165, 1.54) is 0 Å². The van der Waals surface area contributed by atoms with Gasteiger partial charge in [0.25, 0.3) is 0 Å². The van der Waals surface area contributed by atoms with Gasteiger partial charge in [-0.1, -0.05) is 27.7 Å². The predicted molar refractivity (Wildman–Crippen MR) is 73.5 cm³/mol. The number of ether oxygens (including phenoxy) is 1. The Morgan fingerprint density at radius 2 is 2.06 bits per heavy atom. The molecule has 1 fully saturated rings. The number of nitrogens with one attached hydrogen (secondary N) is 1. The third kappa shape index (κ3) is 6.36. The van der Waals surface area contributed by atoms with Crippen LogP contribution < -0.4 is 5.32 Å². The van der Waals surface area contributed by atoms with Crippen molar-refractivity contribution in [1.82, 2.24) is 10.2 Å². The molecule has 1 unspecified atom stereocenters. The summed E-state index contributed by atoms with van der Waals surface area (Å²) in [5, 5.41) is 2.97. The van der Waals surface area contributed by atoms with Crippen LogP contribution in [0, 0.1) is 11.8 Å². The van der Waals surface area contributed by atoms with Crippen LogP contribution in [0.3, 0.4) is 0 Å². The molecule has 1 amide bonds. The lowest BCUT2D eigenvalue weighted by atomic mass is 10.1. The van der Waals surface area contributed by atoms with Crippen molar-refractivity contribution >= 4 is 5.91 Å². The van der Waals surface area contributed by atoms with E-state index in [0.29, 0.717) is 24.8 Å². The summed E-state index contributed by atoms with van der Waals surface area (Å²) in [6.07, 6.45) is 0.746. The van der Waals surface area contributed by atoms with Gasteiger partial charge in [0.05, 0.1) is 12.7 Å². The van der Waals surface area contributed by atoms with E-state index in [4.69, 9.17) is 4.74 Å². The Hall–Kier alpha value is -0.610. The Labute approximate surface area is 111 Å². The Bertz CT molecular complexity index is 254. The molecule has 18 heavy (non-hydrogen) atoms. The van der Waals surface area contributed by atoms with Gasteiger partial charge in [-0.25, -0.2) is 0 Å². The fourth-order valence-electron chi connectivity index (χ4n) is 2.26. The number of amides is 1. The maximum absolute atomic E-state index is 11.6. The summed E-state index contributed by atoms with van der Waals surface area (Å²) in [5.41, 5.74) is 0. The highest BCUT2D eigenvalue weighted by Crippen LogP contribution is 2.07. The second-order valence-corrected chi connectivity index (χ2v) is 6.05. The molecule has 0 aromatic heterocycles. The standard InChI is InChI=1S/C14H28N2O2/c1-11(2)7-14(17)15-8-13-10-16(5-6-18-13)9-12(3)4/h11-13H,5-10H2,1-4H3,(H,15,17). The van der Waals surface area contributed by atoms with Crippen LogP contribution in [0.2, 0.25) is 0 Å². The topological polar surface area (TPSA) is 41.6 Å². The van der Waals surface area contributed by atoms with E-state index in [9.17, 15) is 4.79 Å². The summed E-state index contributed by atoms with van der Waals surface area (Å²) in [6.45, 7) is 13.0. The fourth-order valence-corrected chi connectivity index (χ4v) is 2.26. The molecule has 0 spiro atoms. The lowest BCUT2D eigenvalue weighted by Gasteiger charge is -2.34. The predicted octanol–water partition coefficient (Wildman–Crippen LogP) is 1.51. The molecule has 4 heteroatoms. The van der Waals surface area contributed by atoms with Gasteiger partial charge in [0.1, 0.15) is 0 Å². The Balaban J connectivity index is 2.23. The van der Waals surface area contributed by atoms with Gasteiger partial charge >= 0.3 is 0 Å². The van der Waals surface area contributed by atoms with Crippen molar-refractivity contribution in [2.75, 3.05) is 32.8 Å². The zero-order valence-electron chi connectivity index (χ0n) is 12.2. The molecule has 106 valence electrons. The van der Waals surface area contributed by atoms with E-state index in [1.807, 2.05) is 0 Å². The molecule has 0 saturated carbocycles. The molecule has 1 rings (SSSR count). The molecular formula is C14H28N2O2. The van der Waals surface area contributed by atoms with Crippen LogP contribution in [0.15, 0.2) is 0 Å². The summed E-state index contributed by atoms with van der Waals surface area (Å²) in [6, 6.07) is 0. The molecule has 1 heterocycles. The molecule has 1 N–H and O–H groups in total. The van der Waals surface area contributed by atoms with E-state index in [2.05, 4.69) is 37.9 Å². The average molecular weight is 256 g/mol. The summed E-state index contributed by atoms with van der Waals surface area (Å²) >= 11 is 0. The van der Waals surface area contributed by atoms with Gasteiger partial charge in [-0.3, -0.25) is 9.69 Å². The summed E-state index contributed by atoms with van der Waals surface area (Å²) in [7, 11) is 0. The van der Waals surface area contributed by atoms with Crippen molar-refractivity contribution < 1.29 is 9.53 Å². The van der Waals surface area contributed by atoms with Crippen LogP contribution >= 0.6 is 0 Å². The first kappa shape index (κ1) is 15.4. The van der Waals surface area contributed by atoms with Crippen molar-refractivity contribution in [2.24, 2.45) is 11.8 Å². The maximum atomic E-state index is 11.6. The molecular weight excluding hydrogens is 228 g/mol. The minimum absolute atomic E-state index is 0.134. The Morgan fingerprint density at radius 3 is 2.67 bits per heavy atom. The van der Waals surface area contributed by atoms with E-state index >= 15 is 0 Å². The number of carbonyl (C=O) groups is 1. The zero-order chi connectivity index (χ0) is 13.5. The highest BCUT2D eigenvalue weighted by Gasteiger charge is 2.21. The maximum Gasteiger partial charge on any atom is 0.220 e. The van der Waals surface area contributed by atoms with Crippen molar-refractivity contribution in [3.63, 3.8) is 0 Å². The van der Waals surface area contributed by atoms with Gasteiger partial charge in [-0.2, -0.15) is 0 Å². The zero-order valence-corrected chi connectivity index (χ0v) is 12.2. The van der Waals surface area contributed by atoms with E-state index in [-0.39, 0.29) is 12.0 Å². The van der Waals surface area contributed by atoms with Crippen molar-refractivity contribution in [3.8, 4) is 0 Å². The van der Waals surface area contributed by atoms with Gasteiger partial charge in [0.2, 0.25) is 5.91 Å². The quantitative estimate of drug-likeness (QED) is 0.783. The fraction of sp³-hybridized carbons (Fsp3) is 0.929. The van der Waals surface area contributed by atoms with Crippen molar-refractivity contribution in [1.29, 1.82) is 0 Å². The van der Waals surface area contributed by atoms with Gasteiger partial charge in [-0.05, 0) is 11.8 Å². The molecule has 0 radical (unpaired) electrons. The number of hydrogen-bond donors (Lipinski definition) is 1. The first-order chi connectivity index (χ1) is 8.47. The molecule has 0 aromatic carbocycles. The van der Waals surface area contributed by atoms with Gasteiger partial charge in [0.15, 0.2) is 0 Å². The SMILES string of the molecule is CC(C)CC(=O)NCC1CN(CC(C)C)CCO1. The minimum atomic E-state index is 0.134. The number of morpholine rings is 1. The summed E-state index contributed by atoms with van der Waals surface area (Å²) in [4.78, 5) is 14.0. The molecule has 0 aromatic rings. The van der Waals surface area contributed by atoms with Crippen LogP contribution in [0.5, 0.6) is 0 Å². The second kappa shape index (κ2) is 7.74. The Kier molecular flexibility index (Phi) is 6.65. The number of rotatable bonds is 6. The normalized spacial score (nSPS) is 21.6. The van der Waals surface area contributed by atoms with Crippen LogP contribution in [0.25, 0.3) is 0 Å². The monoisotopic (exact) mass is 256 g/mol. The number of nitrogens with zero attached hydrogens (tertiary/aromatic N) is 1. The van der Waals surface area contributed by atoms with Crippen LogP contribution in [-0.4, -0.2) is 49.7 Å². The first-order valence-corrected chi connectivity index (χ1v) is 7.08. The molecule has 1 aliphatic rings. The highest BCUT2D eigenvalue weighted by molar-refractivity contribution is 5.76. The van der Waals surface area contributed by atoms with E-state index < -0.39 is 0 Å². The molecule has 4 nitrogen and oxygen atoms in total.